The van der Waals surface area contributed by atoms with E-state index in [-0.39, 0.29) is 0 Å². The van der Waals surface area contributed by atoms with Crippen LogP contribution in [0.15, 0.2) is 24.3 Å². The molecule has 1 aromatic carbocycles. The smallest absolute Gasteiger partial charge is 0.189 e. The minimum absolute atomic E-state index is 0.771. The molecule has 0 aliphatic carbocycles. The number of fused-ring (bicyclic) bond motifs is 1. The molecule has 0 atom stereocenters. The second-order valence-corrected chi connectivity index (χ2v) is 9.31. The van der Waals surface area contributed by atoms with Gasteiger partial charge in [-0.15, -0.1) is 0 Å². The maximum Gasteiger partial charge on any atom is 0.189 e. The fraction of sp³-hybridized carbons (Fsp3) is 0.500. The van der Waals surface area contributed by atoms with E-state index < -0.39 is 0 Å². The Hall–Kier alpha value is -2.33. The van der Waals surface area contributed by atoms with Crippen molar-refractivity contribution in [3.8, 4) is 0 Å². The normalized spacial score (nSPS) is 18.6. The number of hydrogen-bond donors (Lipinski definition) is 1. The Morgan fingerprint density at radius 1 is 1.00 bits per heavy atom. The van der Waals surface area contributed by atoms with E-state index >= 15 is 0 Å². The molecule has 0 unspecified atom stereocenters. The topological polar surface area (TPSA) is 69.7 Å². The molecule has 2 aliphatic rings. The lowest BCUT2D eigenvalue weighted by Crippen LogP contribution is -2.44. The van der Waals surface area contributed by atoms with Crippen molar-refractivity contribution in [3.05, 3.63) is 35.7 Å². The number of aromatic nitrogens is 3. The molecule has 31 heavy (non-hydrogen) atoms. The number of nitrogens with zero attached hydrogens (tertiary/aromatic N) is 6. The highest BCUT2D eigenvalue weighted by Crippen LogP contribution is 2.30. The number of hydrogen-bond acceptors (Lipinski definition) is 9. The molecule has 8 nitrogen and oxygen atoms in total. The highest BCUT2D eigenvalue weighted by Gasteiger charge is 2.17. The highest BCUT2D eigenvalue weighted by molar-refractivity contribution is 7.22. The zero-order chi connectivity index (χ0) is 21.2. The van der Waals surface area contributed by atoms with Gasteiger partial charge < -0.3 is 19.9 Å². The molecule has 4 heterocycles. The Bertz CT molecular complexity index is 1040. The fourth-order valence-corrected chi connectivity index (χ4v) is 5.00. The van der Waals surface area contributed by atoms with Crippen molar-refractivity contribution in [2.45, 2.75) is 13.5 Å². The number of likely N-dealkylation sites (N-methyl/N-ethyl adjacent to an activating group) is 1. The Balaban J connectivity index is 1.31. The largest absolute Gasteiger partial charge is 0.379 e. The van der Waals surface area contributed by atoms with Crippen molar-refractivity contribution < 1.29 is 4.74 Å². The third-order valence-corrected chi connectivity index (χ3v) is 6.78. The lowest BCUT2D eigenvalue weighted by atomic mass is 10.2. The first kappa shape index (κ1) is 20.6. The van der Waals surface area contributed by atoms with Gasteiger partial charge in [0.25, 0.3) is 0 Å². The number of rotatable bonds is 5. The van der Waals surface area contributed by atoms with Gasteiger partial charge in [0.05, 0.1) is 23.4 Å². The molecule has 2 saturated heterocycles. The summed E-state index contributed by atoms with van der Waals surface area (Å²) in [5, 5.41) is 4.28. The van der Waals surface area contributed by atoms with Crippen LogP contribution in [0.1, 0.15) is 11.4 Å². The Morgan fingerprint density at radius 2 is 1.81 bits per heavy atom. The predicted molar refractivity (Wildman–Crippen MR) is 125 cm³/mol. The van der Waals surface area contributed by atoms with Gasteiger partial charge in [0.15, 0.2) is 5.13 Å². The Kier molecular flexibility index (Phi) is 5.99. The van der Waals surface area contributed by atoms with Gasteiger partial charge >= 0.3 is 0 Å². The molecule has 164 valence electrons. The number of benzene rings is 1. The van der Waals surface area contributed by atoms with Crippen LogP contribution in [0.4, 0.5) is 16.8 Å². The molecule has 2 aliphatic heterocycles. The third kappa shape index (κ3) is 4.95. The van der Waals surface area contributed by atoms with Crippen molar-refractivity contribution in [2.75, 3.05) is 69.7 Å². The van der Waals surface area contributed by atoms with Gasteiger partial charge in [0.2, 0.25) is 0 Å². The molecule has 2 fully saturated rings. The lowest BCUT2D eigenvalue weighted by Gasteiger charge is -2.33. The molecule has 1 N–H and O–H groups in total. The Labute approximate surface area is 186 Å². The standard InChI is InChI=1S/C22H29N7OS/c1-16-23-20(14-21(24-16)29-7-5-27(2)6-8-29)26-22-25-18-4-3-17(13-19(18)31-22)15-28-9-11-30-12-10-28/h3-4,13-14H,5-12,15H2,1-2H3,(H,23,24,25,26). The summed E-state index contributed by atoms with van der Waals surface area (Å²) in [5.41, 5.74) is 2.34. The predicted octanol–water partition coefficient (Wildman–Crippen LogP) is 2.72. The SMILES string of the molecule is Cc1nc(Nc2nc3ccc(CN4CCOCC4)cc3s2)cc(N2CCN(C)CC2)n1. The Morgan fingerprint density at radius 3 is 2.61 bits per heavy atom. The van der Waals surface area contributed by atoms with Crippen LogP contribution < -0.4 is 10.2 Å². The van der Waals surface area contributed by atoms with Crippen LogP contribution in [-0.4, -0.2) is 84.3 Å². The van der Waals surface area contributed by atoms with Gasteiger partial charge in [-0.05, 0) is 31.7 Å². The first-order chi connectivity index (χ1) is 15.1. The molecule has 5 rings (SSSR count). The molecule has 0 bridgehead atoms. The fourth-order valence-electron chi connectivity index (χ4n) is 4.06. The maximum atomic E-state index is 5.45. The zero-order valence-electron chi connectivity index (χ0n) is 18.2. The van der Waals surface area contributed by atoms with Gasteiger partial charge in [0, 0.05) is 51.9 Å². The lowest BCUT2D eigenvalue weighted by molar-refractivity contribution is 0.0342. The number of morpholine rings is 1. The second kappa shape index (κ2) is 9.04. The third-order valence-electron chi connectivity index (χ3n) is 5.85. The molecule has 0 amide bonds. The van der Waals surface area contributed by atoms with Crippen LogP contribution in [0.25, 0.3) is 10.2 Å². The van der Waals surface area contributed by atoms with E-state index in [1.165, 1.54) is 10.3 Å². The van der Waals surface area contributed by atoms with E-state index in [0.717, 1.165) is 87.1 Å². The molecule has 0 saturated carbocycles. The first-order valence-corrected chi connectivity index (χ1v) is 11.7. The summed E-state index contributed by atoms with van der Waals surface area (Å²) in [6.45, 7) is 10.6. The van der Waals surface area contributed by atoms with E-state index in [0.29, 0.717) is 0 Å². The van der Waals surface area contributed by atoms with Gasteiger partial charge in [-0.25, -0.2) is 15.0 Å². The summed E-state index contributed by atoms with van der Waals surface area (Å²) in [6.07, 6.45) is 0. The number of aryl methyl sites for hydroxylation is 1. The minimum Gasteiger partial charge on any atom is -0.379 e. The van der Waals surface area contributed by atoms with Crippen LogP contribution in [0.3, 0.4) is 0 Å². The second-order valence-electron chi connectivity index (χ2n) is 8.28. The van der Waals surface area contributed by atoms with Crippen LogP contribution in [0.2, 0.25) is 0 Å². The van der Waals surface area contributed by atoms with E-state index in [2.05, 4.69) is 55.2 Å². The van der Waals surface area contributed by atoms with Crippen molar-refractivity contribution in [1.82, 2.24) is 24.8 Å². The molecular formula is C22H29N7OS. The van der Waals surface area contributed by atoms with Crippen LogP contribution in [-0.2, 0) is 11.3 Å². The minimum atomic E-state index is 0.771. The van der Waals surface area contributed by atoms with Crippen molar-refractivity contribution >= 4 is 38.3 Å². The average Bonchev–Trinajstić information content (AvgIpc) is 3.16. The summed E-state index contributed by atoms with van der Waals surface area (Å²) in [5.74, 6) is 2.55. The molecule has 0 radical (unpaired) electrons. The number of anilines is 3. The summed E-state index contributed by atoms with van der Waals surface area (Å²) < 4.78 is 6.65. The highest BCUT2D eigenvalue weighted by atomic mass is 32.1. The first-order valence-electron chi connectivity index (χ1n) is 10.9. The number of thiazole rings is 1. The zero-order valence-corrected chi connectivity index (χ0v) is 19.0. The van der Waals surface area contributed by atoms with Crippen molar-refractivity contribution in [3.63, 3.8) is 0 Å². The molecule has 3 aromatic rings. The number of nitrogens with one attached hydrogen (secondary N) is 1. The molecular weight excluding hydrogens is 410 g/mol. The number of piperazine rings is 1. The van der Waals surface area contributed by atoms with Crippen molar-refractivity contribution in [1.29, 1.82) is 0 Å². The average molecular weight is 440 g/mol. The van der Waals surface area contributed by atoms with Crippen molar-refractivity contribution in [2.24, 2.45) is 0 Å². The summed E-state index contributed by atoms with van der Waals surface area (Å²) in [7, 11) is 2.16. The van der Waals surface area contributed by atoms with Gasteiger partial charge in [0.1, 0.15) is 17.5 Å². The number of ether oxygens (including phenoxy) is 1. The molecule has 9 heteroatoms. The summed E-state index contributed by atoms with van der Waals surface area (Å²) >= 11 is 1.67. The van der Waals surface area contributed by atoms with E-state index in [4.69, 9.17) is 9.72 Å². The van der Waals surface area contributed by atoms with Gasteiger partial charge in [-0.3, -0.25) is 4.90 Å². The van der Waals surface area contributed by atoms with E-state index in [9.17, 15) is 0 Å². The van der Waals surface area contributed by atoms with E-state index in [1.807, 2.05) is 13.0 Å². The summed E-state index contributed by atoms with van der Waals surface area (Å²) in [4.78, 5) is 21.1. The van der Waals surface area contributed by atoms with E-state index in [1.54, 1.807) is 11.3 Å². The molecule has 2 aromatic heterocycles. The van der Waals surface area contributed by atoms with Gasteiger partial charge in [-0.2, -0.15) is 0 Å². The summed E-state index contributed by atoms with van der Waals surface area (Å²) in [6, 6.07) is 8.60. The van der Waals surface area contributed by atoms with Gasteiger partial charge in [-0.1, -0.05) is 17.4 Å². The van der Waals surface area contributed by atoms with Crippen LogP contribution >= 0.6 is 11.3 Å². The van der Waals surface area contributed by atoms with Crippen LogP contribution in [0.5, 0.6) is 0 Å². The maximum absolute atomic E-state index is 5.45. The van der Waals surface area contributed by atoms with Crippen LogP contribution in [0, 0.1) is 6.92 Å². The quantitative estimate of drug-likeness (QED) is 0.651. The molecule has 0 spiro atoms. The monoisotopic (exact) mass is 439 g/mol.